The van der Waals surface area contributed by atoms with E-state index in [0.29, 0.717) is 0 Å². The number of hydrogen-bond donors (Lipinski definition) is 1. The van der Waals surface area contributed by atoms with Gasteiger partial charge in [-0.15, -0.1) is 0 Å². The summed E-state index contributed by atoms with van der Waals surface area (Å²) >= 11 is 6.39. The van der Waals surface area contributed by atoms with Gasteiger partial charge in [0.05, 0.1) is 39.7 Å². The van der Waals surface area contributed by atoms with Crippen molar-refractivity contribution in [1.29, 1.82) is 0 Å². The van der Waals surface area contributed by atoms with Crippen molar-refractivity contribution in [3.05, 3.63) is 51.3 Å². The Morgan fingerprint density at radius 2 is 1.84 bits per heavy atom. The van der Waals surface area contributed by atoms with Crippen molar-refractivity contribution in [1.82, 2.24) is 19.6 Å². The summed E-state index contributed by atoms with van der Waals surface area (Å²) in [6.45, 7) is 0.986. The number of aromatic carboxylic acids is 1. The van der Waals surface area contributed by atoms with Crippen LogP contribution in [-0.2, 0) is 34.8 Å². The maximum atomic E-state index is 13.7. The van der Waals surface area contributed by atoms with Gasteiger partial charge in [-0.25, -0.2) is 13.2 Å². The van der Waals surface area contributed by atoms with Gasteiger partial charge in [-0.1, -0.05) is 11.6 Å². The lowest BCUT2D eigenvalue weighted by atomic mass is 9.99. The standard InChI is InChI=1S/C22H22ClF3N4O6S/c1-5-30-18(19-16(21(32)33)11(2)28-29(19)3)13(8-27-30)20(31)12-6-7-15(37(4,34)35)14(17(12)23)9-36-10-22(24,25)26/h6-8H,5,9-10H2,1-4H3,(H,32,33). The molecule has 2 heterocycles. The largest absolute Gasteiger partial charge is 0.478 e. The van der Waals surface area contributed by atoms with Crippen molar-refractivity contribution in [2.45, 2.75) is 38.1 Å². The molecule has 1 aromatic carbocycles. The maximum Gasteiger partial charge on any atom is 0.411 e. The van der Waals surface area contributed by atoms with E-state index in [1.165, 1.54) is 29.5 Å². The van der Waals surface area contributed by atoms with Crippen molar-refractivity contribution in [2.24, 2.45) is 7.05 Å². The normalized spacial score (nSPS) is 12.2. The minimum absolute atomic E-state index is 0.0662. The third kappa shape index (κ3) is 5.70. The van der Waals surface area contributed by atoms with Gasteiger partial charge in [0.25, 0.3) is 0 Å². The van der Waals surface area contributed by atoms with Crippen LogP contribution in [0.25, 0.3) is 11.4 Å². The third-order valence-corrected chi connectivity index (χ3v) is 7.01. The van der Waals surface area contributed by atoms with Gasteiger partial charge in [-0.3, -0.25) is 14.2 Å². The molecule has 0 spiro atoms. The number of ether oxygens (including phenoxy) is 1. The Labute approximate surface area is 214 Å². The minimum Gasteiger partial charge on any atom is -0.478 e. The molecule has 0 saturated carbocycles. The van der Waals surface area contributed by atoms with E-state index in [-0.39, 0.29) is 45.9 Å². The average Bonchev–Trinajstić information content (AvgIpc) is 3.31. The first kappa shape index (κ1) is 28.3. The van der Waals surface area contributed by atoms with Crippen LogP contribution in [0.2, 0.25) is 5.02 Å². The Morgan fingerprint density at radius 3 is 2.38 bits per heavy atom. The fraction of sp³-hybridized carbons (Fsp3) is 0.364. The molecule has 0 atom stereocenters. The zero-order chi connectivity index (χ0) is 27.9. The number of rotatable bonds is 9. The molecule has 3 aromatic rings. The van der Waals surface area contributed by atoms with E-state index in [4.69, 9.17) is 11.6 Å². The van der Waals surface area contributed by atoms with E-state index in [2.05, 4.69) is 14.9 Å². The lowest BCUT2D eigenvalue weighted by molar-refractivity contribution is -0.176. The van der Waals surface area contributed by atoms with Crippen LogP contribution >= 0.6 is 11.6 Å². The van der Waals surface area contributed by atoms with Crippen LogP contribution < -0.4 is 0 Å². The number of benzene rings is 1. The molecule has 2 aromatic heterocycles. The van der Waals surface area contributed by atoms with Gasteiger partial charge >= 0.3 is 12.1 Å². The molecular weight excluding hydrogens is 541 g/mol. The van der Waals surface area contributed by atoms with E-state index in [0.717, 1.165) is 18.4 Å². The van der Waals surface area contributed by atoms with Crippen LogP contribution in [0.1, 0.15) is 44.5 Å². The van der Waals surface area contributed by atoms with Gasteiger partial charge in [0.2, 0.25) is 0 Å². The summed E-state index contributed by atoms with van der Waals surface area (Å²) in [7, 11) is -2.45. The van der Waals surface area contributed by atoms with E-state index in [1.54, 1.807) is 6.92 Å². The number of halogens is 4. The van der Waals surface area contributed by atoms with Crippen molar-refractivity contribution in [3.8, 4) is 11.4 Å². The summed E-state index contributed by atoms with van der Waals surface area (Å²) in [5.74, 6) is -2.03. The molecule has 0 aliphatic carbocycles. The average molecular weight is 563 g/mol. The molecule has 0 unspecified atom stereocenters. The van der Waals surface area contributed by atoms with Gasteiger partial charge in [-0.05, 0) is 26.0 Å². The summed E-state index contributed by atoms with van der Waals surface area (Å²) in [4.78, 5) is 25.2. The van der Waals surface area contributed by atoms with Crippen molar-refractivity contribution in [2.75, 3.05) is 12.9 Å². The smallest absolute Gasteiger partial charge is 0.411 e. The molecule has 0 amide bonds. The number of aryl methyl sites for hydroxylation is 3. The Bertz CT molecular complexity index is 1490. The van der Waals surface area contributed by atoms with E-state index in [9.17, 15) is 36.3 Å². The second-order valence-electron chi connectivity index (χ2n) is 8.07. The Hall–Kier alpha value is -3.23. The Balaban J connectivity index is 2.20. The van der Waals surface area contributed by atoms with Crippen LogP contribution in [0.5, 0.6) is 0 Å². The molecule has 10 nitrogen and oxygen atoms in total. The molecule has 3 rings (SSSR count). The molecule has 0 saturated heterocycles. The molecule has 200 valence electrons. The minimum atomic E-state index is -4.67. The SMILES string of the molecule is CCn1ncc(C(=O)c2ccc(S(C)(=O)=O)c(COCC(F)(F)F)c2Cl)c1-c1c(C(=O)O)c(C)nn1C. The molecule has 0 aliphatic heterocycles. The highest BCUT2D eigenvalue weighted by atomic mass is 35.5. The second kappa shape index (κ2) is 10.3. The van der Waals surface area contributed by atoms with Crippen LogP contribution in [0, 0.1) is 6.92 Å². The number of carboxylic acids is 1. The molecule has 37 heavy (non-hydrogen) atoms. The molecule has 15 heteroatoms. The fourth-order valence-electron chi connectivity index (χ4n) is 3.90. The summed E-state index contributed by atoms with van der Waals surface area (Å²) < 4.78 is 69.6. The third-order valence-electron chi connectivity index (χ3n) is 5.40. The van der Waals surface area contributed by atoms with Crippen molar-refractivity contribution < 1.29 is 41.0 Å². The Kier molecular flexibility index (Phi) is 7.86. The van der Waals surface area contributed by atoms with Crippen molar-refractivity contribution >= 4 is 33.2 Å². The lowest BCUT2D eigenvalue weighted by Gasteiger charge is -2.15. The molecule has 0 bridgehead atoms. The van der Waals surface area contributed by atoms with Crippen LogP contribution in [0.3, 0.4) is 0 Å². The van der Waals surface area contributed by atoms with Gasteiger partial charge < -0.3 is 9.84 Å². The van der Waals surface area contributed by atoms with Gasteiger partial charge in [0.1, 0.15) is 17.9 Å². The van der Waals surface area contributed by atoms with E-state index < -0.39 is 50.9 Å². The van der Waals surface area contributed by atoms with E-state index >= 15 is 0 Å². The zero-order valence-corrected chi connectivity index (χ0v) is 21.6. The fourth-order valence-corrected chi connectivity index (χ4v) is 5.19. The quantitative estimate of drug-likeness (QED) is 0.390. The van der Waals surface area contributed by atoms with Crippen molar-refractivity contribution in [3.63, 3.8) is 0 Å². The van der Waals surface area contributed by atoms with Gasteiger partial charge in [-0.2, -0.15) is 23.4 Å². The predicted octanol–water partition coefficient (Wildman–Crippen LogP) is 3.68. The molecular formula is C22H22ClF3N4O6S. The molecule has 0 aliphatic rings. The number of carbonyl (C=O) groups excluding carboxylic acids is 1. The highest BCUT2D eigenvalue weighted by molar-refractivity contribution is 7.90. The number of aromatic nitrogens is 4. The predicted molar refractivity (Wildman–Crippen MR) is 126 cm³/mol. The first-order valence-electron chi connectivity index (χ1n) is 10.6. The summed E-state index contributed by atoms with van der Waals surface area (Å²) in [5, 5.41) is 17.7. The number of carboxylic acid groups (broad SMARTS) is 1. The van der Waals surface area contributed by atoms with Gasteiger partial charge in [0.15, 0.2) is 15.6 Å². The number of ketones is 1. The molecule has 0 fully saturated rings. The zero-order valence-electron chi connectivity index (χ0n) is 20.1. The maximum absolute atomic E-state index is 13.7. The van der Waals surface area contributed by atoms with Crippen LogP contribution in [0.4, 0.5) is 13.2 Å². The summed E-state index contributed by atoms with van der Waals surface area (Å²) in [6, 6.07) is 2.19. The van der Waals surface area contributed by atoms with E-state index in [1.807, 2.05) is 0 Å². The lowest BCUT2D eigenvalue weighted by Crippen LogP contribution is -2.18. The van der Waals surface area contributed by atoms with Crippen LogP contribution in [-0.4, -0.2) is 63.9 Å². The second-order valence-corrected chi connectivity index (χ2v) is 10.4. The molecule has 0 radical (unpaired) electrons. The first-order valence-corrected chi connectivity index (χ1v) is 12.9. The first-order chi connectivity index (χ1) is 17.1. The van der Waals surface area contributed by atoms with Gasteiger partial charge in [0, 0.05) is 31.0 Å². The highest BCUT2D eigenvalue weighted by Crippen LogP contribution is 2.34. The highest BCUT2D eigenvalue weighted by Gasteiger charge is 2.32. The number of nitrogens with zero attached hydrogens (tertiary/aromatic N) is 4. The summed E-state index contributed by atoms with van der Waals surface area (Å²) in [6.07, 6.45) is -2.62. The summed E-state index contributed by atoms with van der Waals surface area (Å²) in [5.41, 5.74) is -0.322. The topological polar surface area (TPSA) is 133 Å². The number of hydrogen-bond acceptors (Lipinski definition) is 7. The number of sulfone groups is 1. The molecule has 1 N–H and O–H groups in total. The monoisotopic (exact) mass is 562 g/mol. The number of carbonyl (C=O) groups is 2. The number of alkyl halides is 3. The Morgan fingerprint density at radius 1 is 1.19 bits per heavy atom. The van der Waals surface area contributed by atoms with Crippen LogP contribution in [0.15, 0.2) is 23.2 Å².